The minimum absolute atomic E-state index is 0.278. The van der Waals surface area contributed by atoms with Crippen molar-refractivity contribution in [3.05, 3.63) is 29.8 Å². The van der Waals surface area contributed by atoms with E-state index in [9.17, 15) is 9.59 Å². The smallest absolute Gasteiger partial charge is 0.335 e. The molecule has 0 atom stereocenters. The lowest BCUT2D eigenvalue weighted by molar-refractivity contribution is -0.118. The van der Waals surface area contributed by atoms with Gasteiger partial charge >= 0.3 is 5.97 Å². The molecule has 0 bridgehead atoms. The van der Waals surface area contributed by atoms with E-state index in [0.29, 0.717) is 12.8 Å². The SMILES string of the molecule is NC(=O)CCCSc1cccc(C(=O)O)c1. The molecule has 5 heteroatoms. The first-order valence-corrected chi connectivity index (χ1v) is 5.82. The van der Waals surface area contributed by atoms with Crippen LogP contribution in [0.25, 0.3) is 0 Å². The maximum atomic E-state index is 10.7. The first-order valence-electron chi connectivity index (χ1n) is 4.84. The van der Waals surface area contributed by atoms with Crippen LogP contribution in [0.1, 0.15) is 23.2 Å². The van der Waals surface area contributed by atoms with Crippen molar-refractivity contribution in [1.29, 1.82) is 0 Å². The number of carboxylic acids is 1. The molecule has 86 valence electrons. The molecule has 3 N–H and O–H groups in total. The van der Waals surface area contributed by atoms with Crippen molar-refractivity contribution in [2.24, 2.45) is 5.73 Å². The topological polar surface area (TPSA) is 80.4 Å². The Hall–Kier alpha value is -1.49. The Bertz CT molecular complexity index is 393. The highest BCUT2D eigenvalue weighted by Gasteiger charge is 2.03. The van der Waals surface area contributed by atoms with Crippen molar-refractivity contribution in [3.63, 3.8) is 0 Å². The van der Waals surface area contributed by atoms with Crippen LogP contribution in [0.3, 0.4) is 0 Å². The van der Waals surface area contributed by atoms with E-state index in [1.807, 2.05) is 6.07 Å². The molecule has 0 aromatic heterocycles. The van der Waals surface area contributed by atoms with Gasteiger partial charge in [-0.3, -0.25) is 4.79 Å². The van der Waals surface area contributed by atoms with Crippen LogP contribution < -0.4 is 5.73 Å². The van der Waals surface area contributed by atoms with E-state index >= 15 is 0 Å². The molecule has 0 heterocycles. The number of rotatable bonds is 6. The second kappa shape index (κ2) is 6.17. The lowest BCUT2D eigenvalue weighted by Crippen LogP contribution is -2.09. The predicted octanol–water partition coefficient (Wildman–Crippen LogP) is 1.74. The van der Waals surface area contributed by atoms with E-state index in [0.717, 1.165) is 10.6 Å². The van der Waals surface area contributed by atoms with Crippen molar-refractivity contribution in [2.45, 2.75) is 17.7 Å². The van der Waals surface area contributed by atoms with Gasteiger partial charge in [-0.2, -0.15) is 0 Å². The van der Waals surface area contributed by atoms with Crippen molar-refractivity contribution >= 4 is 23.6 Å². The number of thioether (sulfide) groups is 1. The molecule has 1 amide bonds. The van der Waals surface area contributed by atoms with Gasteiger partial charge in [0.15, 0.2) is 0 Å². The van der Waals surface area contributed by atoms with Gasteiger partial charge in [-0.25, -0.2) is 4.79 Å². The zero-order valence-electron chi connectivity index (χ0n) is 8.68. The molecule has 0 radical (unpaired) electrons. The highest BCUT2D eigenvalue weighted by Crippen LogP contribution is 2.20. The summed E-state index contributed by atoms with van der Waals surface area (Å²) in [5, 5.41) is 8.78. The van der Waals surface area contributed by atoms with E-state index in [1.54, 1.807) is 18.2 Å². The Morgan fingerprint density at radius 2 is 2.12 bits per heavy atom. The van der Waals surface area contributed by atoms with Gasteiger partial charge < -0.3 is 10.8 Å². The fourth-order valence-corrected chi connectivity index (χ4v) is 2.06. The highest BCUT2D eigenvalue weighted by molar-refractivity contribution is 7.99. The molecule has 0 saturated carbocycles. The number of amides is 1. The quantitative estimate of drug-likeness (QED) is 0.585. The van der Waals surface area contributed by atoms with Crippen LogP contribution in [-0.2, 0) is 4.79 Å². The van der Waals surface area contributed by atoms with Crippen LogP contribution in [0, 0.1) is 0 Å². The van der Waals surface area contributed by atoms with E-state index in [4.69, 9.17) is 10.8 Å². The molecular formula is C11H13NO3S. The van der Waals surface area contributed by atoms with Gasteiger partial charge in [-0.15, -0.1) is 11.8 Å². The fourth-order valence-electron chi connectivity index (χ4n) is 1.16. The minimum atomic E-state index is -0.931. The first kappa shape index (κ1) is 12.6. The van der Waals surface area contributed by atoms with Crippen molar-refractivity contribution in [3.8, 4) is 0 Å². The molecule has 0 aliphatic carbocycles. The van der Waals surface area contributed by atoms with Crippen LogP contribution in [0.15, 0.2) is 29.2 Å². The average molecular weight is 239 g/mol. The first-order chi connectivity index (χ1) is 7.59. The zero-order valence-corrected chi connectivity index (χ0v) is 9.50. The second-order valence-corrected chi connectivity index (χ2v) is 4.42. The predicted molar refractivity (Wildman–Crippen MR) is 62.6 cm³/mol. The molecule has 0 aliphatic heterocycles. The third-order valence-electron chi connectivity index (χ3n) is 1.92. The standard InChI is InChI=1S/C11H13NO3S/c12-10(13)5-2-6-16-9-4-1-3-8(7-9)11(14)15/h1,3-4,7H,2,5-6H2,(H2,12,13)(H,14,15). The van der Waals surface area contributed by atoms with E-state index in [2.05, 4.69) is 0 Å². The van der Waals surface area contributed by atoms with Gasteiger partial charge in [0.25, 0.3) is 0 Å². The Kier molecular flexibility index (Phi) is 4.85. The summed E-state index contributed by atoms with van der Waals surface area (Å²) in [5.74, 6) is -0.481. The number of primary amides is 1. The summed E-state index contributed by atoms with van der Waals surface area (Å²) in [6.45, 7) is 0. The van der Waals surface area contributed by atoms with Gasteiger partial charge in [0.1, 0.15) is 0 Å². The second-order valence-electron chi connectivity index (χ2n) is 3.25. The molecule has 4 nitrogen and oxygen atoms in total. The number of nitrogens with two attached hydrogens (primary N) is 1. The van der Waals surface area contributed by atoms with Crippen LogP contribution in [-0.4, -0.2) is 22.7 Å². The van der Waals surface area contributed by atoms with Gasteiger partial charge in [0.05, 0.1) is 5.56 Å². The van der Waals surface area contributed by atoms with Gasteiger partial charge in [0, 0.05) is 11.3 Å². The summed E-state index contributed by atoms with van der Waals surface area (Å²) in [5.41, 5.74) is 5.29. The monoisotopic (exact) mass is 239 g/mol. The summed E-state index contributed by atoms with van der Waals surface area (Å²) in [6, 6.07) is 6.73. The molecule has 0 spiro atoms. The largest absolute Gasteiger partial charge is 0.478 e. The van der Waals surface area contributed by atoms with E-state index in [-0.39, 0.29) is 11.5 Å². The van der Waals surface area contributed by atoms with Crippen LogP contribution in [0.4, 0.5) is 0 Å². The van der Waals surface area contributed by atoms with Gasteiger partial charge in [-0.1, -0.05) is 6.07 Å². The molecule has 0 unspecified atom stereocenters. The summed E-state index contributed by atoms with van der Waals surface area (Å²) in [6.07, 6.45) is 1.07. The molecule has 0 aliphatic rings. The summed E-state index contributed by atoms with van der Waals surface area (Å²) < 4.78 is 0. The molecular weight excluding hydrogens is 226 g/mol. The molecule has 1 aromatic carbocycles. The Balaban J connectivity index is 2.45. The van der Waals surface area contributed by atoms with Crippen LogP contribution in [0.2, 0.25) is 0 Å². The Morgan fingerprint density at radius 3 is 2.75 bits per heavy atom. The zero-order chi connectivity index (χ0) is 12.0. The molecule has 1 aromatic rings. The summed E-state index contributed by atoms with van der Waals surface area (Å²) in [7, 11) is 0. The van der Waals surface area contributed by atoms with E-state index < -0.39 is 5.97 Å². The number of carboxylic acid groups (broad SMARTS) is 1. The fraction of sp³-hybridized carbons (Fsp3) is 0.273. The van der Waals surface area contributed by atoms with Crippen molar-refractivity contribution in [1.82, 2.24) is 0 Å². The number of aromatic carboxylic acids is 1. The van der Waals surface area contributed by atoms with Crippen molar-refractivity contribution in [2.75, 3.05) is 5.75 Å². The maximum Gasteiger partial charge on any atom is 0.335 e. The van der Waals surface area contributed by atoms with Crippen molar-refractivity contribution < 1.29 is 14.7 Å². The number of carbonyl (C=O) groups excluding carboxylic acids is 1. The molecule has 1 rings (SSSR count). The highest BCUT2D eigenvalue weighted by atomic mass is 32.2. The van der Waals surface area contributed by atoms with Crippen LogP contribution >= 0.6 is 11.8 Å². The third kappa shape index (κ3) is 4.35. The van der Waals surface area contributed by atoms with Gasteiger partial charge in [0.2, 0.25) is 5.91 Å². The minimum Gasteiger partial charge on any atom is -0.478 e. The molecule has 0 saturated heterocycles. The maximum absolute atomic E-state index is 10.7. The van der Waals surface area contributed by atoms with Gasteiger partial charge in [-0.05, 0) is 30.4 Å². The van der Waals surface area contributed by atoms with E-state index in [1.165, 1.54) is 11.8 Å². The Labute approximate surface area is 97.8 Å². The lowest BCUT2D eigenvalue weighted by atomic mass is 10.2. The summed E-state index contributed by atoms with van der Waals surface area (Å²) in [4.78, 5) is 22.1. The number of carbonyl (C=O) groups is 2. The third-order valence-corrected chi connectivity index (χ3v) is 3.00. The number of hydrogen-bond donors (Lipinski definition) is 2. The number of hydrogen-bond acceptors (Lipinski definition) is 3. The molecule has 0 fully saturated rings. The summed E-state index contributed by atoms with van der Waals surface area (Å²) >= 11 is 1.52. The number of benzene rings is 1. The lowest BCUT2D eigenvalue weighted by Gasteiger charge is -2.01. The Morgan fingerprint density at radius 1 is 1.38 bits per heavy atom. The average Bonchev–Trinajstić information content (AvgIpc) is 2.24. The normalized spacial score (nSPS) is 10.0. The van der Waals surface area contributed by atoms with Crippen LogP contribution in [0.5, 0.6) is 0 Å². The molecule has 16 heavy (non-hydrogen) atoms.